The van der Waals surface area contributed by atoms with Gasteiger partial charge in [0.05, 0.1) is 0 Å². The molecule has 0 aliphatic heterocycles. The van der Waals surface area contributed by atoms with E-state index in [0.29, 0.717) is 0 Å². The van der Waals surface area contributed by atoms with Crippen molar-refractivity contribution >= 4 is 11.0 Å². The molecule has 3 rings (SSSR count). The zero-order valence-electron chi connectivity index (χ0n) is 11.5. The standard InChI is InChI=1S/C17H14O4/c1-11-9-15(19)21-16-13(11)7-8-14(18)17(16)20-10-12-5-3-2-4-6-12/h2-9,18H,10H2,1H3. The van der Waals surface area contributed by atoms with Crippen LogP contribution < -0.4 is 10.4 Å². The minimum absolute atomic E-state index is 0.0489. The van der Waals surface area contributed by atoms with E-state index in [0.717, 1.165) is 16.5 Å². The van der Waals surface area contributed by atoms with Crippen LogP contribution in [0, 0.1) is 6.92 Å². The number of aryl methyl sites for hydroxylation is 1. The topological polar surface area (TPSA) is 59.7 Å². The Balaban J connectivity index is 2.05. The Labute approximate surface area is 121 Å². The van der Waals surface area contributed by atoms with E-state index in [-0.39, 0.29) is 23.7 Å². The first-order valence-corrected chi connectivity index (χ1v) is 6.58. The molecule has 3 aromatic rings. The van der Waals surface area contributed by atoms with Gasteiger partial charge in [-0.05, 0) is 30.2 Å². The van der Waals surface area contributed by atoms with E-state index in [4.69, 9.17) is 9.15 Å². The summed E-state index contributed by atoms with van der Waals surface area (Å²) in [4.78, 5) is 11.5. The Morgan fingerprint density at radius 2 is 1.90 bits per heavy atom. The number of hydrogen-bond acceptors (Lipinski definition) is 4. The second-order valence-electron chi connectivity index (χ2n) is 4.81. The van der Waals surface area contributed by atoms with Gasteiger partial charge in [-0.25, -0.2) is 4.79 Å². The quantitative estimate of drug-likeness (QED) is 0.748. The van der Waals surface area contributed by atoms with Crippen LogP contribution in [0.5, 0.6) is 11.5 Å². The number of phenols is 1. The second kappa shape index (κ2) is 5.32. The van der Waals surface area contributed by atoms with Gasteiger partial charge in [0.1, 0.15) is 6.61 Å². The minimum Gasteiger partial charge on any atom is -0.504 e. The molecule has 0 amide bonds. The van der Waals surface area contributed by atoms with Crippen molar-refractivity contribution in [3.05, 3.63) is 70.1 Å². The predicted molar refractivity (Wildman–Crippen MR) is 79.7 cm³/mol. The monoisotopic (exact) mass is 282 g/mol. The number of fused-ring (bicyclic) bond motifs is 1. The Hall–Kier alpha value is -2.75. The van der Waals surface area contributed by atoms with Crippen LogP contribution in [0.25, 0.3) is 11.0 Å². The van der Waals surface area contributed by atoms with Crippen LogP contribution in [0.1, 0.15) is 11.1 Å². The average Bonchev–Trinajstić information content (AvgIpc) is 2.47. The number of hydrogen-bond donors (Lipinski definition) is 1. The van der Waals surface area contributed by atoms with Gasteiger partial charge in [-0.2, -0.15) is 0 Å². The van der Waals surface area contributed by atoms with Gasteiger partial charge >= 0.3 is 5.63 Å². The van der Waals surface area contributed by atoms with Crippen LogP contribution in [0.3, 0.4) is 0 Å². The summed E-state index contributed by atoms with van der Waals surface area (Å²) < 4.78 is 10.9. The van der Waals surface area contributed by atoms with Crippen molar-refractivity contribution in [1.29, 1.82) is 0 Å². The van der Waals surface area contributed by atoms with Crippen LogP contribution in [-0.4, -0.2) is 5.11 Å². The van der Waals surface area contributed by atoms with Crippen molar-refractivity contribution in [1.82, 2.24) is 0 Å². The van der Waals surface area contributed by atoms with Crippen molar-refractivity contribution in [2.45, 2.75) is 13.5 Å². The van der Waals surface area contributed by atoms with Gasteiger partial charge in [0.2, 0.25) is 5.75 Å². The van der Waals surface area contributed by atoms with Gasteiger partial charge in [0.15, 0.2) is 11.3 Å². The van der Waals surface area contributed by atoms with Crippen LogP contribution in [0.2, 0.25) is 0 Å². The highest BCUT2D eigenvalue weighted by atomic mass is 16.5. The lowest BCUT2D eigenvalue weighted by Crippen LogP contribution is -2.01. The maximum Gasteiger partial charge on any atom is 0.336 e. The van der Waals surface area contributed by atoms with E-state index >= 15 is 0 Å². The molecule has 0 bridgehead atoms. The highest BCUT2D eigenvalue weighted by molar-refractivity contribution is 5.87. The molecule has 2 aromatic carbocycles. The summed E-state index contributed by atoms with van der Waals surface area (Å²) in [7, 11) is 0. The average molecular weight is 282 g/mol. The molecule has 0 radical (unpaired) electrons. The highest BCUT2D eigenvalue weighted by Gasteiger charge is 2.13. The Bertz CT molecular complexity index is 835. The van der Waals surface area contributed by atoms with Crippen molar-refractivity contribution in [2.24, 2.45) is 0 Å². The van der Waals surface area contributed by atoms with Crippen LogP contribution in [0.15, 0.2) is 57.7 Å². The fraction of sp³-hybridized carbons (Fsp3) is 0.118. The molecule has 0 unspecified atom stereocenters. The highest BCUT2D eigenvalue weighted by Crippen LogP contribution is 2.35. The fourth-order valence-corrected chi connectivity index (χ4v) is 2.22. The first kappa shape index (κ1) is 13.2. The Morgan fingerprint density at radius 1 is 1.14 bits per heavy atom. The molecule has 1 heterocycles. The summed E-state index contributed by atoms with van der Waals surface area (Å²) in [6.07, 6.45) is 0. The maximum absolute atomic E-state index is 11.5. The zero-order valence-corrected chi connectivity index (χ0v) is 11.5. The number of aromatic hydroxyl groups is 1. The van der Waals surface area contributed by atoms with Crippen molar-refractivity contribution in [3.63, 3.8) is 0 Å². The molecule has 1 aromatic heterocycles. The molecule has 0 atom stereocenters. The van der Waals surface area contributed by atoms with E-state index in [1.807, 2.05) is 37.3 Å². The molecule has 0 spiro atoms. The lowest BCUT2D eigenvalue weighted by Gasteiger charge is -2.11. The largest absolute Gasteiger partial charge is 0.504 e. The molecule has 0 aliphatic rings. The third-order valence-corrected chi connectivity index (χ3v) is 3.28. The van der Waals surface area contributed by atoms with Gasteiger partial charge < -0.3 is 14.3 Å². The molecular formula is C17H14O4. The van der Waals surface area contributed by atoms with E-state index in [9.17, 15) is 9.90 Å². The normalized spacial score (nSPS) is 10.7. The minimum atomic E-state index is -0.463. The van der Waals surface area contributed by atoms with Crippen molar-refractivity contribution < 1.29 is 14.3 Å². The summed E-state index contributed by atoms with van der Waals surface area (Å²) in [5.74, 6) is 0.143. The maximum atomic E-state index is 11.5. The molecule has 1 N–H and O–H groups in total. The molecule has 0 aliphatic carbocycles. The number of rotatable bonds is 3. The summed E-state index contributed by atoms with van der Waals surface area (Å²) in [5.41, 5.74) is 1.56. The van der Waals surface area contributed by atoms with E-state index in [2.05, 4.69) is 0 Å². The Morgan fingerprint density at radius 3 is 2.67 bits per heavy atom. The van der Waals surface area contributed by atoms with Crippen LogP contribution in [0.4, 0.5) is 0 Å². The number of ether oxygens (including phenoxy) is 1. The molecule has 0 saturated carbocycles. The summed E-state index contributed by atoms with van der Waals surface area (Å²) in [5, 5.41) is 10.7. The smallest absolute Gasteiger partial charge is 0.336 e. The van der Waals surface area contributed by atoms with Crippen LogP contribution in [-0.2, 0) is 6.61 Å². The van der Waals surface area contributed by atoms with E-state index < -0.39 is 5.63 Å². The Kier molecular flexibility index (Phi) is 3.36. The first-order chi connectivity index (χ1) is 10.1. The predicted octanol–water partition coefficient (Wildman–Crippen LogP) is 3.39. The van der Waals surface area contributed by atoms with Gasteiger partial charge in [-0.15, -0.1) is 0 Å². The SMILES string of the molecule is Cc1cc(=O)oc2c(OCc3ccccc3)c(O)ccc12. The summed E-state index contributed by atoms with van der Waals surface area (Å²) in [6.45, 7) is 2.10. The second-order valence-corrected chi connectivity index (χ2v) is 4.81. The molecule has 21 heavy (non-hydrogen) atoms. The molecule has 106 valence electrons. The van der Waals surface area contributed by atoms with Gasteiger partial charge in [-0.1, -0.05) is 30.3 Å². The van der Waals surface area contributed by atoms with E-state index in [1.165, 1.54) is 12.1 Å². The van der Waals surface area contributed by atoms with Crippen molar-refractivity contribution in [2.75, 3.05) is 0 Å². The lowest BCUT2D eigenvalue weighted by atomic mass is 10.1. The fourth-order valence-electron chi connectivity index (χ4n) is 2.22. The summed E-state index contributed by atoms with van der Waals surface area (Å²) in [6, 6.07) is 14.2. The third-order valence-electron chi connectivity index (χ3n) is 3.28. The molecule has 0 fully saturated rings. The molecule has 4 heteroatoms. The van der Waals surface area contributed by atoms with Gasteiger partial charge in [0, 0.05) is 11.5 Å². The van der Waals surface area contributed by atoms with Crippen LogP contribution >= 0.6 is 0 Å². The zero-order chi connectivity index (χ0) is 14.8. The molecular weight excluding hydrogens is 268 g/mol. The van der Waals surface area contributed by atoms with Crippen molar-refractivity contribution in [3.8, 4) is 11.5 Å². The first-order valence-electron chi connectivity index (χ1n) is 6.58. The number of benzene rings is 2. The summed E-state index contributed by atoms with van der Waals surface area (Å²) >= 11 is 0. The molecule has 0 saturated heterocycles. The number of phenolic OH excluding ortho intramolecular Hbond substituents is 1. The van der Waals surface area contributed by atoms with Gasteiger partial charge in [-0.3, -0.25) is 0 Å². The van der Waals surface area contributed by atoms with E-state index in [1.54, 1.807) is 6.07 Å². The van der Waals surface area contributed by atoms with Gasteiger partial charge in [0.25, 0.3) is 0 Å². The lowest BCUT2D eigenvalue weighted by molar-refractivity contribution is 0.287. The third kappa shape index (κ3) is 2.60. The molecule has 4 nitrogen and oxygen atoms in total.